The fourth-order valence-electron chi connectivity index (χ4n) is 1.10. The van der Waals surface area contributed by atoms with Crippen LogP contribution in [0.3, 0.4) is 0 Å². The van der Waals surface area contributed by atoms with E-state index in [-0.39, 0.29) is 6.42 Å². The Hall–Kier alpha value is -1.50. The maximum atomic E-state index is 11.5. The second kappa shape index (κ2) is 7.75. The molecule has 0 aliphatic rings. The van der Waals surface area contributed by atoms with Crippen LogP contribution in [-0.4, -0.2) is 55.8 Å². The topological polar surface area (TPSA) is 82.1 Å². The molecular formula is C10H16ClNO6. The maximum Gasteiger partial charge on any atom is 0.411 e. The van der Waals surface area contributed by atoms with E-state index in [4.69, 9.17) is 16.3 Å². The van der Waals surface area contributed by atoms with Gasteiger partial charge in [-0.15, -0.1) is 0 Å². The molecule has 1 unspecified atom stereocenters. The quantitative estimate of drug-likeness (QED) is 0.420. The van der Waals surface area contributed by atoms with Crippen molar-refractivity contribution >= 4 is 29.6 Å². The third-order valence-electron chi connectivity index (χ3n) is 2.08. The summed E-state index contributed by atoms with van der Waals surface area (Å²) in [6.07, 6.45) is -1.16. The monoisotopic (exact) mass is 281 g/mol. The number of nitrogens with zero attached hydrogens (tertiary/aromatic N) is 1. The van der Waals surface area contributed by atoms with E-state index in [2.05, 4.69) is 9.47 Å². The Bertz CT molecular complexity index is 319. The van der Waals surface area contributed by atoms with Crippen LogP contribution >= 0.6 is 11.6 Å². The van der Waals surface area contributed by atoms with Gasteiger partial charge in [0.1, 0.15) is 6.04 Å². The molecule has 0 aromatic rings. The number of carbonyl (C=O) groups excluding carboxylic acids is 3. The smallest absolute Gasteiger partial charge is 0.411 e. The fourth-order valence-corrected chi connectivity index (χ4v) is 1.18. The van der Waals surface area contributed by atoms with Crippen LogP contribution in [0.15, 0.2) is 0 Å². The minimum atomic E-state index is -1.12. The Morgan fingerprint density at radius 1 is 1.22 bits per heavy atom. The molecule has 0 aromatic carbocycles. The molecule has 0 saturated heterocycles. The lowest BCUT2D eigenvalue weighted by Gasteiger charge is -2.25. The summed E-state index contributed by atoms with van der Waals surface area (Å²) in [6, 6.07) is -1.12. The standard InChI is InChI=1S/C10H16ClNO6/c1-6(11)18-10(15)12(2)7(9(14)17-4)5-8(13)16-3/h6-7H,5H2,1-4H3/t6?,7-/m0/s1. The Balaban J connectivity index is 4.79. The van der Waals surface area contributed by atoms with Gasteiger partial charge < -0.3 is 14.2 Å². The first kappa shape index (κ1) is 16.5. The summed E-state index contributed by atoms with van der Waals surface area (Å²) in [7, 11) is 3.62. The SMILES string of the molecule is COC(=O)C[C@@H](C(=O)OC)N(C)C(=O)OC(C)Cl. The van der Waals surface area contributed by atoms with Crippen molar-refractivity contribution in [3.05, 3.63) is 0 Å². The van der Waals surface area contributed by atoms with Crippen molar-refractivity contribution in [2.45, 2.75) is 24.9 Å². The van der Waals surface area contributed by atoms with Gasteiger partial charge in [0.25, 0.3) is 0 Å². The molecule has 8 heteroatoms. The number of carbonyl (C=O) groups is 3. The van der Waals surface area contributed by atoms with Crippen LogP contribution in [-0.2, 0) is 23.8 Å². The second-order valence-electron chi connectivity index (χ2n) is 3.36. The molecule has 0 aliphatic carbocycles. The molecule has 104 valence electrons. The average molecular weight is 282 g/mol. The predicted octanol–water partition coefficient (Wildman–Crippen LogP) is 0.744. The van der Waals surface area contributed by atoms with Crippen molar-refractivity contribution in [2.75, 3.05) is 21.3 Å². The molecule has 0 rings (SSSR count). The highest BCUT2D eigenvalue weighted by atomic mass is 35.5. The van der Waals surface area contributed by atoms with E-state index < -0.39 is 29.6 Å². The number of esters is 2. The zero-order valence-corrected chi connectivity index (χ0v) is 11.4. The van der Waals surface area contributed by atoms with Crippen molar-refractivity contribution in [1.82, 2.24) is 4.90 Å². The van der Waals surface area contributed by atoms with E-state index >= 15 is 0 Å². The first-order valence-electron chi connectivity index (χ1n) is 5.05. The Morgan fingerprint density at radius 2 is 1.78 bits per heavy atom. The van der Waals surface area contributed by atoms with E-state index in [1.54, 1.807) is 0 Å². The van der Waals surface area contributed by atoms with Gasteiger partial charge in [-0.1, -0.05) is 11.6 Å². The lowest BCUT2D eigenvalue weighted by atomic mass is 10.2. The summed E-state index contributed by atoms with van der Waals surface area (Å²) >= 11 is 5.49. The van der Waals surface area contributed by atoms with E-state index in [1.165, 1.54) is 21.1 Å². The number of ether oxygens (including phenoxy) is 3. The molecular weight excluding hydrogens is 266 g/mol. The minimum absolute atomic E-state index is 0.328. The average Bonchev–Trinajstić information content (AvgIpc) is 2.32. The van der Waals surface area contributed by atoms with Crippen LogP contribution in [0.4, 0.5) is 4.79 Å². The highest BCUT2D eigenvalue weighted by Gasteiger charge is 2.31. The summed E-state index contributed by atoms with van der Waals surface area (Å²) in [5, 5.41) is 0. The summed E-state index contributed by atoms with van der Waals surface area (Å²) in [5.41, 5.74) is -0.851. The summed E-state index contributed by atoms with van der Waals surface area (Å²) in [4.78, 5) is 35.1. The van der Waals surface area contributed by atoms with Gasteiger partial charge in [-0.05, 0) is 6.92 Å². The minimum Gasteiger partial charge on any atom is -0.469 e. The van der Waals surface area contributed by atoms with Gasteiger partial charge in [-0.25, -0.2) is 9.59 Å². The largest absolute Gasteiger partial charge is 0.469 e. The molecule has 0 bridgehead atoms. The maximum absolute atomic E-state index is 11.5. The number of hydrogen-bond acceptors (Lipinski definition) is 6. The lowest BCUT2D eigenvalue weighted by Crippen LogP contribution is -2.45. The van der Waals surface area contributed by atoms with Crippen molar-refractivity contribution < 1.29 is 28.6 Å². The molecule has 0 spiro atoms. The van der Waals surface area contributed by atoms with Crippen LogP contribution in [0.1, 0.15) is 13.3 Å². The second-order valence-corrected chi connectivity index (χ2v) is 3.97. The summed E-state index contributed by atoms with van der Waals surface area (Å²) < 4.78 is 13.6. The molecule has 0 aromatic heterocycles. The molecule has 1 amide bonds. The molecule has 7 nitrogen and oxygen atoms in total. The van der Waals surface area contributed by atoms with Gasteiger partial charge in [0.05, 0.1) is 20.6 Å². The highest BCUT2D eigenvalue weighted by Crippen LogP contribution is 2.09. The van der Waals surface area contributed by atoms with Crippen molar-refractivity contribution in [2.24, 2.45) is 0 Å². The predicted molar refractivity (Wildman–Crippen MR) is 62.0 cm³/mol. The highest BCUT2D eigenvalue weighted by molar-refractivity contribution is 6.19. The van der Waals surface area contributed by atoms with Crippen molar-refractivity contribution in [3.8, 4) is 0 Å². The first-order chi connectivity index (χ1) is 8.33. The lowest BCUT2D eigenvalue weighted by molar-refractivity contribution is -0.152. The summed E-state index contributed by atoms with van der Waals surface area (Å²) in [5.74, 6) is -1.40. The number of likely N-dealkylation sites (N-methyl/N-ethyl adjacent to an activating group) is 1. The first-order valence-corrected chi connectivity index (χ1v) is 5.49. The van der Waals surface area contributed by atoms with Gasteiger partial charge in [0, 0.05) is 7.05 Å². The van der Waals surface area contributed by atoms with Gasteiger partial charge >= 0.3 is 18.0 Å². The Morgan fingerprint density at radius 3 is 2.17 bits per heavy atom. The molecule has 0 saturated carbocycles. The molecule has 18 heavy (non-hydrogen) atoms. The van der Waals surface area contributed by atoms with Crippen LogP contribution in [0, 0.1) is 0 Å². The van der Waals surface area contributed by atoms with E-state index in [0.717, 1.165) is 12.0 Å². The summed E-state index contributed by atoms with van der Waals surface area (Å²) in [6.45, 7) is 1.45. The third-order valence-corrected chi connectivity index (χ3v) is 2.17. The van der Waals surface area contributed by atoms with Crippen molar-refractivity contribution in [1.29, 1.82) is 0 Å². The zero-order valence-electron chi connectivity index (χ0n) is 10.6. The number of methoxy groups -OCH3 is 2. The van der Waals surface area contributed by atoms with Crippen LogP contribution < -0.4 is 0 Å². The van der Waals surface area contributed by atoms with E-state index in [0.29, 0.717) is 0 Å². The number of halogens is 1. The van der Waals surface area contributed by atoms with Gasteiger partial charge in [0.2, 0.25) is 0 Å². The van der Waals surface area contributed by atoms with E-state index in [1.807, 2.05) is 0 Å². The fraction of sp³-hybridized carbons (Fsp3) is 0.700. The van der Waals surface area contributed by atoms with Gasteiger partial charge in [-0.2, -0.15) is 0 Å². The molecule has 2 atom stereocenters. The van der Waals surface area contributed by atoms with Crippen molar-refractivity contribution in [3.63, 3.8) is 0 Å². The molecule has 0 heterocycles. The molecule has 0 radical (unpaired) electrons. The molecule has 0 aliphatic heterocycles. The number of hydrogen-bond donors (Lipinski definition) is 0. The van der Waals surface area contributed by atoms with Crippen LogP contribution in [0.5, 0.6) is 0 Å². The van der Waals surface area contributed by atoms with E-state index in [9.17, 15) is 14.4 Å². The van der Waals surface area contributed by atoms with Crippen LogP contribution in [0.2, 0.25) is 0 Å². The van der Waals surface area contributed by atoms with Gasteiger partial charge in [-0.3, -0.25) is 9.69 Å². The molecule has 0 N–H and O–H groups in total. The Kier molecular flexibility index (Phi) is 7.11. The number of alkyl halides is 1. The molecule has 0 fully saturated rings. The third kappa shape index (κ3) is 5.22. The normalized spacial score (nSPS) is 13.2. The van der Waals surface area contributed by atoms with Crippen LogP contribution in [0.25, 0.3) is 0 Å². The Labute approximate surface area is 110 Å². The number of amides is 1. The zero-order chi connectivity index (χ0) is 14.3. The van der Waals surface area contributed by atoms with Gasteiger partial charge in [0.15, 0.2) is 5.56 Å². The number of rotatable bonds is 5.